The number of carboxylic acids is 1. The summed E-state index contributed by atoms with van der Waals surface area (Å²) in [5.41, 5.74) is 0.960. The van der Waals surface area contributed by atoms with Crippen LogP contribution in [0.4, 0.5) is 5.69 Å². The zero-order valence-corrected chi connectivity index (χ0v) is 11.7. The van der Waals surface area contributed by atoms with Gasteiger partial charge in [0.1, 0.15) is 0 Å². The molecule has 9 nitrogen and oxygen atoms in total. The van der Waals surface area contributed by atoms with Crippen molar-refractivity contribution in [1.29, 1.82) is 0 Å². The molecule has 0 bridgehead atoms. The molecule has 2 aromatic rings. The summed E-state index contributed by atoms with van der Waals surface area (Å²) in [4.78, 5) is 10.4. The third-order valence-corrected chi connectivity index (χ3v) is 3.92. The Morgan fingerprint density at radius 3 is 2.86 bits per heavy atom. The standard InChI is InChI=1S/C11H13N5O4S/c17-10(18)5-2-6-21(19,20)14-9-4-1-3-8(7-9)11-12-15-16-13-11/h1,3-4,7,14H,2,5-6H2,(H,17,18)(H,12,13,15,16). The van der Waals surface area contributed by atoms with E-state index in [9.17, 15) is 13.2 Å². The molecule has 1 heterocycles. The fraction of sp³-hybridized carbons (Fsp3) is 0.273. The van der Waals surface area contributed by atoms with E-state index in [4.69, 9.17) is 5.11 Å². The Balaban J connectivity index is 2.05. The molecule has 0 radical (unpaired) electrons. The second-order valence-electron chi connectivity index (χ2n) is 4.23. The van der Waals surface area contributed by atoms with E-state index in [1.165, 1.54) is 0 Å². The summed E-state index contributed by atoms with van der Waals surface area (Å²) in [5, 5.41) is 21.8. The number of nitrogens with one attached hydrogen (secondary N) is 2. The second-order valence-corrected chi connectivity index (χ2v) is 6.08. The van der Waals surface area contributed by atoms with E-state index in [-0.39, 0.29) is 18.6 Å². The largest absolute Gasteiger partial charge is 0.481 e. The van der Waals surface area contributed by atoms with E-state index in [2.05, 4.69) is 25.3 Å². The van der Waals surface area contributed by atoms with Gasteiger partial charge in [-0.3, -0.25) is 9.52 Å². The molecule has 1 aromatic carbocycles. The highest BCUT2D eigenvalue weighted by Crippen LogP contribution is 2.19. The van der Waals surface area contributed by atoms with Gasteiger partial charge in [-0.1, -0.05) is 12.1 Å². The quantitative estimate of drug-likeness (QED) is 0.675. The summed E-state index contributed by atoms with van der Waals surface area (Å²) in [7, 11) is -3.59. The summed E-state index contributed by atoms with van der Waals surface area (Å²) in [6.45, 7) is 0. The van der Waals surface area contributed by atoms with Gasteiger partial charge in [-0.05, 0) is 23.8 Å². The van der Waals surface area contributed by atoms with Crippen molar-refractivity contribution in [3.05, 3.63) is 24.3 Å². The lowest BCUT2D eigenvalue weighted by molar-refractivity contribution is -0.137. The normalized spacial score (nSPS) is 11.2. The monoisotopic (exact) mass is 311 g/mol. The van der Waals surface area contributed by atoms with E-state index in [0.29, 0.717) is 17.1 Å². The molecule has 0 aliphatic heterocycles. The van der Waals surface area contributed by atoms with Crippen LogP contribution in [0.25, 0.3) is 11.4 Å². The van der Waals surface area contributed by atoms with Crippen molar-refractivity contribution in [2.45, 2.75) is 12.8 Å². The van der Waals surface area contributed by atoms with E-state index in [0.717, 1.165) is 0 Å². The summed E-state index contributed by atoms with van der Waals surface area (Å²) >= 11 is 0. The van der Waals surface area contributed by atoms with Gasteiger partial charge in [0, 0.05) is 17.7 Å². The first kappa shape index (κ1) is 14.9. The number of sulfonamides is 1. The topological polar surface area (TPSA) is 138 Å². The first-order valence-corrected chi connectivity index (χ1v) is 7.68. The Morgan fingerprint density at radius 1 is 1.38 bits per heavy atom. The molecule has 2 rings (SSSR count). The van der Waals surface area contributed by atoms with Crippen LogP contribution in [0.2, 0.25) is 0 Å². The minimum absolute atomic E-state index is 0.0508. The Morgan fingerprint density at radius 2 is 2.19 bits per heavy atom. The van der Waals surface area contributed by atoms with E-state index in [1.807, 2.05) is 0 Å². The zero-order valence-electron chi connectivity index (χ0n) is 10.9. The number of H-pyrrole nitrogens is 1. The number of aromatic nitrogens is 4. The van der Waals surface area contributed by atoms with Crippen molar-refractivity contribution in [3.63, 3.8) is 0 Å². The number of nitrogens with zero attached hydrogens (tertiary/aromatic N) is 3. The van der Waals surface area contributed by atoms with Crippen LogP contribution in [0, 0.1) is 0 Å². The molecule has 3 N–H and O–H groups in total. The third-order valence-electron chi connectivity index (χ3n) is 2.54. The molecule has 21 heavy (non-hydrogen) atoms. The third kappa shape index (κ3) is 4.53. The molecule has 0 fully saturated rings. The molecule has 0 aliphatic carbocycles. The molecule has 0 saturated heterocycles. The number of aromatic amines is 1. The average molecular weight is 311 g/mol. The van der Waals surface area contributed by atoms with Crippen molar-refractivity contribution >= 4 is 21.7 Å². The molecular formula is C11H13N5O4S. The van der Waals surface area contributed by atoms with Gasteiger partial charge in [0.2, 0.25) is 15.8 Å². The Bertz CT molecular complexity index is 714. The van der Waals surface area contributed by atoms with Gasteiger partial charge in [0.15, 0.2) is 0 Å². The van der Waals surface area contributed by atoms with Gasteiger partial charge < -0.3 is 5.11 Å². The van der Waals surface area contributed by atoms with Crippen LogP contribution in [0.5, 0.6) is 0 Å². The SMILES string of the molecule is O=C(O)CCCS(=O)(=O)Nc1cccc(-c2nn[nH]n2)c1. The fourth-order valence-corrected chi connectivity index (χ4v) is 2.76. The predicted octanol–water partition coefficient (Wildman–Crippen LogP) is 0.473. The molecule has 0 unspecified atom stereocenters. The van der Waals surface area contributed by atoms with Crippen molar-refractivity contribution in [3.8, 4) is 11.4 Å². The Hall–Kier alpha value is -2.49. The number of hydrogen-bond donors (Lipinski definition) is 3. The van der Waals surface area contributed by atoms with Gasteiger partial charge in [0.05, 0.1) is 5.75 Å². The van der Waals surface area contributed by atoms with Crippen LogP contribution in [0.15, 0.2) is 24.3 Å². The second kappa shape index (κ2) is 6.31. The van der Waals surface area contributed by atoms with Gasteiger partial charge in [0.25, 0.3) is 0 Å². The van der Waals surface area contributed by atoms with Gasteiger partial charge in [-0.15, -0.1) is 10.2 Å². The smallest absolute Gasteiger partial charge is 0.303 e. The highest BCUT2D eigenvalue weighted by atomic mass is 32.2. The number of tetrazole rings is 1. The molecule has 10 heteroatoms. The number of carbonyl (C=O) groups is 1. The summed E-state index contributed by atoms with van der Waals surface area (Å²) in [6.07, 6.45) is -0.140. The van der Waals surface area contributed by atoms with Crippen molar-refractivity contribution in [2.75, 3.05) is 10.5 Å². The van der Waals surface area contributed by atoms with Gasteiger partial charge >= 0.3 is 5.97 Å². The molecule has 0 aliphatic rings. The number of aliphatic carboxylic acids is 1. The first-order valence-electron chi connectivity index (χ1n) is 6.02. The molecule has 112 valence electrons. The zero-order chi connectivity index (χ0) is 15.3. The van der Waals surface area contributed by atoms with Gasteiger partial charge in [-0.2, -0.15) is 5.21 Å². The van der Waals surface area contributed by atoms with E-state index >= 15 is 0 Å². The van der Waals surface area contributed by atoms with E-state index < -0.39 is 16.0 Å². The maximum absolute atomic E-state index is 11.8. The Kier molecular flexibility index (Phi) is 4.48. The lowest BCUT2D eigenvalue weighted by atomic mass is 10.2. The highest BCUT2D eigenvalue weighted by Gasteiger charge is 2.12. The van der Waals surface area contributed by atoms with Crippen molar-refractivity contribution in [1.82, 2.24) is 20.6 Å². The van der Waals surface area contributed by atoms with Crippen molar-refractivity contribution < 1.29 is 18.3 Å². The summed E-state index contributed by atoms with van der Waals surface area (Å²) < 4.78 is 26.0. The molecule has 0 saturated carbocycles. The van der Waals surface area contributed by atoms with Crippen LogP contribution < -0.4 is 4.72 Å². The lowest BCUT2D eigenvalue weighted by Crippen LogP contribution is -2.17. The fourth-order valence-electron chi connectivity index (χ4n) is 1.65. The van der Waals surface area contributed by atoms with Crippen LogP contribution >= 0.6 is 0 Å². The average Bonchev–Trinajstić information content (AvgIpc) is 2.91. The lowest BCUT2D eigenvalue weighted by Gasteiger charge is -2.08. The molecule has 0 spiro atoms. The summed E-state index contributed by atoms with van der Waals surface area (Å²) in [5.74, 6) is -0.933. The van der Waals surface area contributed by atoms with Crippen LogP contribution in [0.1, 0.15) is 12.8 Å². The number of hydrogen-bond acceptors (Lipinski definition) is 6. The predicted molar refractivity (Wildman–Crippen MR) is 73.9 cm³/mol. The van der Waals surface area contributed by atoms with Crippen LogP contribution in [-0.2, 0) is 14.8 Å². The first-order chi connectivity index (χ1) is 9.96. The molecule has 1 aromatic heterocycles. The molecule has 0 atom stereocenters. The highest BCUT2D eigenvalue weighted by molar-refractivity contribution is 7.92. The molecule has 0 amide bonds. The maximum Gasteiger partial charge on any atom is 0.303 e. The number of benzene rings is 1. The minimum Gasteiger partial charge on any atom is -0.481 e. The Labute approximate surface area is 120 Å². The number of anilines is 1. The molecular weight excluding hydrogens is 298 g/mol. The maximum atomic E-state index is 11.8. The van der Waals surface area contributed by atoms with Gasteiger partial charge in [-0.25, -0.2) is 8.42 Å². The number of rotatable bonds is 7. The minimum atomic E-state index is -3.59. The number of carboxylic acid groups (broad SMARTS) is 1. The van der Waals surface area contributed by atoms with Crippen LogP contribution in [0.3, 0.4) is 0 Å². The van der Waals surface area contributed by atoms with Crippen molar-refractivity contribution in [2.24, 2.45) is 0 Å². The summed E-state index contributed by atoms with van der Waals surface area (Å²) in [6, 6.07) is 6.52. The van der Waals surface area contributed by atoms with Crippen LogP contribution in [-0.4, -0.2) is 45.9 Å². The van der Waals surface area contributed by atoms with E-state index in [1.54, 1.807) is 24.3 Å².